The Labute approximate surface area is 269 Å². The maximum atomic E-state index is 13.4. The summed E-state index contributed by atoms with van der Waals surface area (Å²) in [5.74, 6) is 0.553. The molecular formula is C37H52O8. The number of benzene rings is 2. The Morgan fingerprint density at radius 1 is 0.644 bits per heavy atom. The van der Waals surface area contributed by atoms with Gasteiger partial charge in [-0.1, -0.05) is 41.5 Å². The normalized spacial score (nSPS) is 12.6. The molecule has 2 aromatic rings. The SMILES string of the molecule is CCOc1c(C(C)(C)C)cc(C(C)(C)C)c(OCOC(=O)C(C)(C)C)c1/C=C/C(=O)c1ccc(OCOC(=O)C(C)(C)C)cc1. The first-order chi connectivity index (χ1) is 20.6. The van der Waals surface area contributed by atoms with Crippen LogP contribution >= 0.6 is 0 Å². The maximum absolute atomic E-state index is 13.4. The molecule has 8 heteroatoms. The summed E-state index contributed by atoms with van der Waals surface area (Å²) in [4.78, 5) is 37.8. The second-order valence-corrected chi connectivity index (χ2v) is 15.1. The Morgan fingerprint density at radius 2 is 1.09 bits per heavy atom. The van der Waals surface area contributed by atoms with Crippen molar-refractivity contribution in [3.8, 4) is 17.2 Å². The van der Waals surface area contributed by atoms with Gasteiger partial charge in [0.25, 0.3) is 0 Å². The molecule has 0 aliphatic carbocycles. The largest absolute Gasteiger partial charge is 0.493 e. The zero-order valence-corrected chi connectivity index (χ0v) is 29.4. The molecule has 2 aromatic carbocycles. The van der Waals surface area contributed by atoms with E-state index in [9.17, 15) is 14.4 Å². The molecule has 45 heavy (non-hydrogen) atoms. The third-order valence-corrected chi connectivity index (χ3v) is 6.75. The average Bonchev–Trinajstić information content (AvgIpc) is 2.90. The zero-order chi connectivity index (χ0) is 34.4. The van der Waals surface area contributed by atoms with Gasteiger partial charge in [-0.25, -0.2) is 0 Å². The van der Waals surface area contributed by atoms with Gasteiger partial charge in [-0.2, -0.15) is 0 Å². The van der Waals surface area contributed by atoms with Crippen LogP contribution in [-0.4, -0.2) is 37.9 Å². The summed E-state index contributed by atoms with van der Waals surface area (Å²) >= 11 is 0. The van der Waals surface area contributed by atoms with Crippen molar-refractivity contribution in [2.45, 2.75) is 101 Å². The number of hydrogen-bond donors (Lipinski definition) is 0. The first-order valence-corrected chi connectivity index (χ1v) is 15.3. The van der Waals surface area contributed by atoms with Gasteiger partial charge in [-0.05, 0) is 102 Å². The van der Waals surface area contributed by atoms with Gasteiger partial charge in [0.05, 0.1) is 23.0 Å². The molecule has 0 amide bonds. The predicted octanol–water partition coefficient (Wildman–Crippen LogP) is 8.43. The van der Waals surface area contributed by atoms with Gasteiger partial charge in [-0.3, -0.25) is 14.4 Å². The third-order valence-electron chi connectivity index (χ3n) is 6.75. The summed E-state index contributed by atoms with van der Waals surface area (Å²) in [6, 6.07) is 8.67. The fourth-order valence-electron chi connectivity index (χ4n) is 4.09. The van der Waals surface area contributed by atoms with Gasteiger partial charge in [0.15, 0.2) is 5.78 Å². The predicted molar refractivity (Wildman–Crippen MR) is 177 cm³/mol. The molecule has 0 fully saturated rings. The average molecular weight is 625 g/mol. The van der Waals surface area contributed by atoms with Gasteiger partial charge in [0.1, 0.15) is 17.2 Å². The standard InChI is InChI=1S/C37H52O8/c1-14-41-30-26(19-20-29(38)24-15-17-25(18-16-24)42-22-44-32(39)36(8,9)10)31(43-23-45-33(40)37(11,12)13)28(35(5,6)7)21-27(30)34(2,3)4/h15-21H,14,22-23H2,1-13H3/b20-19+. The maximum Gasteiger partial charge on any atom is 0.314 e. The lowest BCUT2D eigenvalue weighted by atomic mass is 9.78. The topological polar surface area (TPSA) is 97.4 Å². The molecular weight excluding hydrogens is 572 g/mol. The molecule has 0 saturated carbocycles. The Hall–Kier alpha value is -3.81. The van der Waals surface area contributed by atoms with Crippen LogP contribution in [-0.2, 0) is 29.9 Å². The Morgan fingerprint density at radius 3 is 1.51 bits per heavy atom. The number of carbonyl (C=O) groups excluding carboxylic acids is 3. The van der Waals surface area contributed by atoms with E-state index in [1.54, 1.807) is 71.9 Å². The molecule has 0 spiro atoms. The van der Waals surface area contributed by atoms with E-state index in [2.05, 4.69) is 47.6 Å². The van der Waals surface area contributed by atoms with Crippen LogP contribution in [0.3, 0.4) is 0 Å². The van der Waals surface area contributed by atoms with Crippen molar-refractivity contribution >= 4 is 23.8 Å². The van der Waals surface area contributed by atoms with E-state index in [1.807, 2.05) is 6.92 Å². The molecule has 2 rings (SSSR count). The molecule has 0 aromatic heterocycles. The van der Waals surface area contributed by atoms with Crippen LogP contribution in [0, 0.1) is 10.8 Å². The number of allylic oxidation sites excluding steroid dienone is 1. The summed E-state index contributed by atoms with van der Waals surface area (Å²) in [5.41, 5.74) is 0.939. The van der Waals surface area contributed by atoms with Gasteiger partial charge >= 0.3 is 11.9 Å². The Kier molecular flexibility index (Phi) is 12.1. The molecule has 248 valence electrons. The Bertz CT molecular complexity index is 1370. The van der Waals surface area contributed by atoms with Crippen molar-refractivity contribution < 1.29 is 38.1 Å². The lowest BCUT2D eigenvalue weighted by Crippen LogP contribution is -2.26. The molecule has 0 bridgehead atoms. The van der Waals surface area contributed by atoms with Crippen LogP contribution in [0.5, 0.6) is 17.2 Å². The van der Waals surface area contributed by atoms with E-state index in [0.29, 0.717) is 35.0 Å². The number of ketones is 1. The van der Waals surface area contributed by atoms with Crippen molar-refractivity contribution in [3.63, 3.8) is 0 Å². The molecule has 0 aliphatic heterocycles. The molecule has 8 nitrogen and oxygen atoms in total. The van der Waals surface area contributed by atoms with Crippen LogP contribution in [0.25, 0.3) is 6.08 Å². The van der Waals surface area contributed by atoms with Crippen molar-refractivity contribution in [1.29, 1.82) is 0 Å². The van der Waals surface area contributed by atoms with E-state index >= 15 is 0 Å². The lowest BCUT2D eigenvalue weighted by Gasteiger charge is -2.31. The molecule has 0 heterocycles. The molecule has 0 saturated heterocycles. The monoisotopic (exact) mass is 624 g/mol. The van der Waals surface area contributed by atoms with Crippen molar-refractivity contribution in [2.75, 3.05) is 20.2 Å². The minimum Gasteiger partial charge on any atom is -0.493 e. The first kappa shape index (κ1) is 37.4. The fourth-order valence-corrected chi connectivity index (χ4v) is 4.09. The van der Waals surface area contributed by atoms with Crippen LogP contribution in [0.1, 0.15) is 117 Å². The Balaban J connectivity index is 2.51. The van der Waals surface area contributed by atoms with E-state index in [0.717, 1.165) is 11.1 Å². The highest BCUT2D eigenvalue weighted by atomic mass is 16.7. The highest BCUT2D eigenvalue weighted by Crippen LogP contribution is 2.46. The molecule has 0 aliphatic rings. The first-order valence-electron chi connectivity index (χ1n) is 15.3. The number of esters is 2. The minimum absolute atomic E-state index is 0.225. The summed E-state index contributed by atoms with van der Waals surface area (Å²) in [6.07, 6.45) is 3.18. The van der Waals surface area contributed by atoms with Crippen LogP contribution < -0.4 is 14.2 Å². The summed E-state index contributed by atoms with van der Waals surface area (Å²) < 4.78 is 28.5. The van der Waals surface area contributed by atoms with Crippen LogP contribution in [0.2, 0.25) is 0 Å². The second-order valence-electron chi connectivity index (χ2n) is 15.1. The van der Waals surface area contributed by atoms with Crippen molar-refractivity contribution in [3.05, 3.63) is 58.7 Å². The van der Waals surface area contributed by atoms with Crippen LogP contribution in [0.15, 0.2) is 36.4 Å². The highest BCUT2D eigenvalue weighted by Gasteiger charge is 2.31. The smallest absolute Gasteiger partial charge is 0.314 e. The van der Waals surface area contributed by atoms with Gasteiger partial charge in [0, 0.05) is 16.7 Å². The van der Waals surface area contributed by atoms with E-state index in [-0.39, 0.29) is 42.1 Å². The molecule has 0 atom stereocenters. The zero-order valence-electron chi connectivity index (χ0n) is 29.4. The molecule has 0 N–H and O–H groups in total. The van der Waals surface area contributed by atoms with Gasteiger partial charge in [-0.15, -0.1) is 0 Å². The number of hydrogen-bond acceptors (Lipinski definition) is 8. The minimum atomic E-state index is -0.685. The summed E-state index contributed by atoms with van der Waals surface area (Å²) in [7, 11) is 0. The van der Waals surface area contributed by atoms with Crippen molar-refractivity contribution in [1.82, 2.24) is 0 Å². The van der Waals surface area contributed by atoms with E-state index in [4.69, 9.17) is 23.7 Å². The molecule has 0 unspecified atom stereocenters. The number of ether oxygens (including phenoxy) is 5. The highest BCUT2D eigenvalue weighted by molar-refractivity contribution is 6.07. The van der Waals surface area contributed by atoms with Crippen molar-refractivity contribution in [2.24, 2.45) is 10.8 Å². The summed E-state index contributed by atoms with van der Waals surface area (Å²) in [5, 5.41) is 0. The fraction of sp³-hybridized carbons (Fsp3) is 0.541. The number of rotatable bonds is 11. The quantitative estimate of drug-likeness (QED) is 0.106. The lowest BCUT2D eigenvalue weighted by molar-refractivity contribution is -0.160. The van der Waals surface area contributed by atoms with E-state index < -0.39 is 10.8 Å². The number of carbonyl (C=O) groups is 3. The van der Waals surface area contributed by atoms with Gasteiger partial charge < -0.3 is 23.7 Å². The second kappa shape index (κ2) is 14.5. The third kappa shape index (κ3) is 10.6. The molecule has 0 radical (unpaired) electrons. The summed E-state index contributed by atoms with van der Waals surface area (Å²) in [6.45, 7) is 25.0. The van der Waals surface area contributed by atoms with Crippen LogP contribution in [0.4, 0.5) is 0 Å². The van der Waals surface area contributed by atoms with Gasteiger partial charge in [0.2, 0.25) is 13.6 Å². The van der Waals surface area contributed by atoms with E-state index in [1.165, 1.54) is 6.08 Å².